The molecule has 1 saturated heterocycles. The summed E-state index contributed by atoms with van der Waals surface area (Å²) in [7, 11) is 0. The molecule has 1 N–H and O–H groups in total. The molecule has 220 valence electrons. The van der Waals surface area contributed by atoms with Gasteiger partial charge in [-0.05, 0) is 30.0 Å². The fourth-order valence-corrected chi connectivity index (χ4v) is 5.20. The fraction of sp³-hybridized carbons (Fsp3) is 0.433. The zero-order valence-corrected chi connectivity index (χ0v) is 24.1. The lowest BCUT2D eigenvalue weighted by Gasteiger charge is -2.34. The van der Waals surface area contributed by atoms with Crippen molar-refractivity contribution in [2.75, 3.05) is 42.9 Å². The van der Waals surface area contributed by atoms with Gasteiger partial charge < -0.3 is 19.7 Å². The van der Waals surface area contributed by atoms with Crippen molar-refractivity contribution in [3.05, 3.63) is 76.4 Å². The van der Waals surface area contributed by atoms with Crippen molar-refractivity contribution < 1.29 is 9.72 Å². The predicted octanol–water partition coefficient (Wildman–Crippen LogP) is 4.77. The van der Waals surface area contributed by atoms with Gasteiger partial charge in [0, 0.05) is 57.3 Å². The fourth-order valence-electron chi connectivity index (χ4n) is 5.20. The van der Waals surface area contributed by atoms with E-state index >= 15 is 0 Å². The van der Waals surface area contributed by atoms with E-state index in [1.807, 2.05) is 9.47 Å². The van der Waals surface area contributed by atoms with E-state index in [1.165, 1.54) is 25.0 Å². The quantitative estimate of drug-likeness (QED) is 0.188. The molecule has 0 aliphatic carbocycles. The third-order valence-corrected chi connectivity index (χ3v) is 7.81. The number of imidazole rings is 1. The number of carbonyl (C=O) groups is 1. The van der Waals surface area contributed by atoms with Gasteiger partial charge in [-0.2, -0.15) is 9.97 Å². The lowest BCUT2D eigenvalue weighted by Crippen LogP contribution is -2.49. The molecule has 4 heterocycles. The number of nitrogens with one attached hydrogen (secondary N) is 1. The molecule has 3 aromatic heterocycles. The van der Waals surface area contributed by atoms with Crippen molar-refractivity contribution in [1.29, 1.82) is 0 Å². The van der Waals surface area contributed by atoms with E-state index < -0.39 is 4.92 Å². The highest BCUT2D eigenvalue weighted by molar-refractivity contribution is 5.94. The molecule has 1 unspecified atom stereocenters. The summed E-state index contributed by atoms with van der Waals surface area (Å²) in [4.78, 5) is 46.2. The Labute approximate surface area is 245 Å². The molecule has 42 heavy (non-hydrogen) atoms. The van der Waals surface area contributed by atoms with Crippen LogP contribution in [0.1, 0.15) is 55.5 Å². The summed E-state index contributed by atoms with van der Waals surface area (Å²) < 4.78 is 1.95. The van der Waals surface area contributed by atoms with Crippen molar-refractivity contribution >= 4 is 34.5 Å². The van der Waals surface area contributed by atoms with Gasteiger partial charge in [-0.1, -0.05) is 45.2 Å². The van der Waals surface area contributed by atoms with Gasteiger partial charge in [0.25, 0.3) is 11.6 Å². The van der Waals surface area contributed by atoms with Crippen LogP contribution in [0.2, 0.25) is 0 Å². The molecular weight excluding hydrogens is 534 g/mol. The minimum absolute atomic E-state index is 0.0275. The molecule has 0 bridgehead atoms. The van der Waals surface area contributed by atoms with Crippen LogP contribution >= 0.6 is 0 Å². The number of anilines is 2. The van der Waals surface area contributed by atoms with Crippen LogP contribution in [0.25, 0.3) is 11.2 Å². The van der Waals surface area contributed by atoms with Crippen molar-refractivity contribution in [2.24, 2.45) is 5.92 Å². The second-order valence-electron chi connectivity index (χ2n) is 10.7. The van der Waals surface area contributed by atoms with Gasteiger partial charge in [0.15, 0.2) is 17.0 Å². The number of pyridine rings is 1. The van der Waals surface area contributed by atoms with Gasteiger partial charge in [0.05, 0.1) is 23.4 Å². The highest BCUT2D eigenvalue weighted by Crippen LogP contribution is 2.26. The number of carbonyl (C=O) groups excluding carboxylic acids is 1. The number of hydrogen-bond acceptors (Lipinski definition) is 9. The maximum atomic E-state index is 12.9. The van der Waals surface area contributed by atoms with Crippen molar-refractivity contribution in [1.82, 2.24) is 29.4 Å². The SMILES string of the molecule is CCCCC(CC)CNc1nc(N2CCN(C(=O)c3cccnc3)CC2)nc2c1ncn2Cc1ccc([N+](=O)[O-])cc1. The number of piperazine rings is 1. The molecule has 1 aliphatic heterocycles. The first-order valence-electron chi connectivity index (χ1n) is 14.6. The second-order valence-corrected chi connectivity index (χ2v) is 10.7. The number of unbranched alkanes of at least 4 members (excludes halogenated alkanes) is 1. The Hall–Kier alpha value is -4.61. The van der Waals surface area contributed by atoms with Crippen LogP contribution < -0.4 is 10.2 Å². The number of nitro benzene ring substituents is 1. The number of nitro groups is 1. The minimum Gasteiger partial charge on any atom is -0.368 e. The highest BCUT2D eigenvalue weighted by Gasteiger charge is 2.25. The Morgan fingerprint density at radius 1 is 1.10 bits per heavy atom. The number of aromatic nitrogens is 5. The van der Waals surface area contributed by atoms with Crippen molar-refractivity contribution in [3.63, 3.8) is 0 Å². The largest absolute Gasteiger partial charge is 0.368 e. The Kier molecular flexibility index (Phi) is 9.20. The molecule has 1 aromatic carbocycles. The summed E-state index contributed by atoms with van der Waals surface area (Å²) in [5.41, 5.74) is 2.93. The summed E-state index contributed by atoms with van der Waals surface area (Å²) in [6.45, 7) is 7.99. The summed E-state index contributed by atoms with van der Waals surface area (Å²) >= 11 is 0. The van der Waals surface area contributed by atoms with E-state index in [0.717, 1.165) is 24.9 Å². The van der Waals surface area contributed by atoms with E-state index in [4.69, 9.17) is 9.97 Å². The van der Waals surface area contributed by atoms with Gasteiger partial charge in [0.1, 0.15) is 0 Å². The molecule has 12 heteroatoms. The van der Waals surface area contributed by atoms with Crippen LogP contribution in [-0.2, 0) is 6.54 Å². The summed E-state index contributed by atoms with van der Waals surface area (Å²) in [6.07, 6.45) is 9.59. The molecule has 0 spiro atoms. The van der Waals surface area contributed by atoms with Crippen LogP contribution in [-0.4, -0.2) is 73.0 Å². The summed E-state index contributed by atoms with van der Waals surface area (Å²) in [6, 6.07) is 10.1. The first-order chi connectivity index (χ1) is 20.5. The number of rotatable bonds is 12. The van der Waals surface area contributed by atoms with Gasteiger partial charge in [-0.3, -0.25) is 19.9 Å². The first-order valence-corrected chi connectivity index (χ1v) is 14.6. The Morgan fingerprint density at radius 3 is 2.55 bits per heavy atom. The van der Waals surface area contributed by atoms with E-state index in [9.17, 15) is 14.9 Å². The van der Waals surface area contributed by atoms with Crippen LogP contribution in [0, 0.1) is 16.0 Å². The molecule has 1 atom stereocenters. The van der Waals surface area contributed by atoms with Crippen LogP contribution in [0.15, 0.2) is 55.1 Å². The van der Waals surface area contributed by atoms with Gasteiger partial charge >= 0.3 is 0 Å². The molecule has 0 saturated carbocycles. The Bertz CT molecular complexity index is 1500. The van der Waals surface area contributed by atoms with Gasteiger partial charge in [-0.15, -0.1) is 0 Å². The average Bonchev–Trinajstić information content (AvgIpc) is 3.44. The van der Waals surface area contributed by atoms with Crippen molar-refractivity contribution in [3.8, 4) is 0 Å². The predicted molar refractivity (Wildman–Crippen MR) is 162 cm³/mol. The normalized spacial score (nSPS) is 14.2. The van der Waals surface area contributed by atoms with Crippen LogP contribution in [0.5, 0.6) is 0 Å². The third kappa shape index (κ3) is 6.64. The third-order valence-electron chi connectivity index (χ3n) is 7.81. The number of amides is 1. The molecule has 1 fully saturated rings. The lowest BCUT2D eigenvalue weighted by atomic mass is 9.99. The van der Waals surface area contributed by atoms with E-state index in [2.05, 4.69) is 34.0 Å². The van der Waals surface area contributed by atoms with Crippen LogP contribution in [0.4, 0.5) is 17.5 Å². The maximum absolute atomic E-state index is 12.9. The van der Waals surface area contributed by atoms with Crippen LogP contribution in [0.3, 0.4) is 0 Å². The number of nitrogens with zero attached hydrogens (tertiary/aromatic N) is 8. The smallest absolute Gasteiger partial charge is 0.269 e. The Balaban J connectivity index is 1.39. The summed E-state index contributed by atoms with van der Waals surface area (Å²) in [5, 5.41) is 14.7. The highest BCUT2D eigenvalue weighted by atomic mass is 16.6. The monoisotopic (exact) mass is 571 g/mol. The summed E-state index contributed by atoms with van der Waals surface area (Å²) in [5.74, 6) is 1.79. The van der Waals surface area contributed by atoms with Gasteiger partial charge in [0.2, 0.25) is 5.95 Å². The Morgan fingerprint density at radius 2 is 1.88 bits per heavy atom. The van der Waals surface area contributed by atoms with E-state index in [0.29, 0.717) is 67.1 Å². The van der Waals surface area contributed by atoms with E-state index in [-0.39, 0.29) is 11.6 Å². The zero-order chi connectivity index (χ0) is 29.5. The van der Waals surface area contributed by atoms with E-state index in [1.54, 1.807) is 43.0 Å². The zero-order valence-electron chi connectivity index (χ0n) is 24.1. The molecule has 4 aromatic rings. The first kappa shape index (κ1) is 28.9. The number of non-ortho nitro benzene ring substituents is 1. The number of benzene rings is 1. The topological polar surface area (TPSA) is 135 Å². The molecule has 1 amide bonds. The van der Waals surface area contributed by atoms with Crippen molar-refractivity contribution in [2.45, 2.75) is 46.1 Å². The maximum Gasteiger partial charge on any atom is 0.269 e. The molecular formula is C30H37N9O3. The molecule has 12 nitrogen and oxygen atoms in total. The minimum atomic E-state index is -0.401. The lowest BCUT2D eigenvalue weighted by molar-refractivity contribution is -0.384. The van der Waals surface area contributed by atoms with Gasteiger partial charge in [-0.25, -0.2) is 4.98 Å². The number of fused-ring (bicyclic) bond motifs is 1. The second kappa shape index (κ2) is 13.4. The molecule has 1 aliphatic rings. The number of hydrogen-bond donors (Lipinski definition) is 1. The molecule has 0 radical (unpaired) electrons. The average molecular weight is 572 g/mol. The standard InChI is InChI=1S/C30H37N9O3/c1-3-5-7-22(4-2)18-32-27-26-28(38(21-33-26)20-23-9-11-25(12-10-23)39(41)42)35-30(34-27)37-16-14-36(15-17-37)29(40)24-8-6-13-31-19-24/h6,8-13,19,21-22H,3-5,7,14-18,20H2,1-2H3,(H,32,34,35). The molecule has 5 rings (SSSR count).